The van der Waals surface area contributed by atoms with E-state index >= 15 is 0 Å². The van der Waals surface area contributed by atoms with E-state index in [4.69, 9.17) is 9.47 Å². The molecule has 0 aliphatic carbocycles. The third kappa shape index (κ3) is 7.32. The number of halogens is 2. The monoisotopic (exact) mass is 433 g/mol. The Balaban J connectivity index is 0.00000196. The van der Waals surface area contributed by atoms with Gasteiger partial charge in [0.05, 0.1) is 14.2 Å². The van der Waals surface area contributed by atoms with E-state index in [1.807, 2.05) is 18.2 Å². The van der Waals surface area contributed by atoms with E-state index in [1.165, 1.54) is 12.0 Å². The molecule has 1 aromatic carbocycles. The number of methoxy groups -OCH3 is 2. The Bertz CT molecular complexity index is 590. The van der Waals surface area contributed by atoms with E-state index in [-0.39, 0.29) is 36.8 Å². The molecule has 2 saturated heterocycles. The first-order valence-corrected chi connectivity index (χ1v) is 9.60. The van der Waals surface area contributed by atoms with Gasteiger partial charge >= 0.3 is 0 Å². The van der Waals surface area contributed by atoms with Gasteiger partial charge in [0.1, 0.15) is 11.5 Å². The summed E-state index contributed by atoms with van der Waals surface area (Å²) in [5.41, 5.74) is 1.17. The van der Waals surface area contributed by atoms with Gasteiger partial charge in [0, 0.05) is 38.2 Å². The van der Waals surface area contributed by atoms with Crippen LogP contribution in [0.3, 0.4) is 0 Å². The molecule has 0 bridgehead atoms. The van der Waals surface area contributed by atoms with Gasteiger partial charge < -0.3 is 20.1 Å². The summed E-state index contributed by atoms with van der Waals surface area (Å²) in [5, 5.41) is 6.57. The minimum absolute atomic E-state index is 0. The van der Waals surface area contributed by atoms with Crippen LogP contribution in [0.2, 0.25) is 0 Å². The minimum atomic E-state index is 0. The van der Waals surface area contributed by atoms with Gasteiger partial charge in [-0.1, -0.05) is 0 Å². The molecule has 8 heteroatoms. The van der Waals surface area contributed by atoms with Crippen molar-refractivity contribution < 1.29 is 14.3 Å². The minimum Gasteiger partial charge on any atom is -0.497 e. The Morgan fingerprint density at radius 2 is 1.89 bits per heavy atom. The fourth-order valence-corrected chi connectivity index (χ4v) is 3.91. The highest BCUT2D eigenvalue weighted by atomic mass is 35.5. The summed E-state index contributed by atoms with van der Waals surface area (Å²) >= 11 is 0. The number of benzene rings is 1. The molecular weight excluding hydrogens is 401 g/mol. The summed E-state index contributed by atoms with van der Waals surface area (Å²) < 4.78 is 10.7. The summed E-state index contributed by atoms with van der Waals surface area (Å²) in [6.45, 7) is 4.90. The van der Waals surface area contributed by atoms with Crippen molar-refractivity contribution in [1.29, 1.82) is 0 Å². The highest BCUT2D eigenvalue weighted by molar-refractivity contribution is 5.85. The number of likely N-dealkylation sites (tertiary alicyclic amines) is 1. The van der Waals surface area contributed by atoms with Crippen LogP contribution in [0.25, 0.3) is 0 Å². The number of hydrogen-bond donors (Lipinski definition) is 2. The Morgan fingerprint density at radius 3 is 2.50 bits per heavy atom. The second kappa shape index (κ2) is 12.4. The number of carbonyl (C=O) groups excluding carboxylic acids is 1. The number of carbonyl (C=O) groups is 1. The van der Waals surface area contributed by atoms with Gasteiger partial charge in [0.25, 0.3) is 0 Å². The molecule has 2 heterocycles. The second-order valence-corrected chi connectivity index (χ2v) is 7.41. The molecule has 6 nitrogen and oxygen atoms in total. The fraction of sp³-hybridized carbons (Fsp3) is 0.650. The van der Waals surface area contributed by atoms with Crippen LogP contribution in [0.5, 0.6) is 11.5 Å². The lowest BCUT2D eigenvalue weighted by Crippen LogP contribution is -2.37. The van der Waals surface area contributed by atoms with Crippen LogP contribution in [0.4, 0.5) is 0 Å². The summed E-state index contributed by atoms with van der Waals surface area (Å²) in [6.07, 6.45) is 3.86. The Labute approximate surface area is 180 Å². The molecule has 0 saturated carbocycles. The molecule has 28 heavy (non-hydrogen) atoms. The number of hydrogen-bond acceptors (Lipinski definition) is 5. The molecule has 0 aromatic heterocycles. The SMILES string of the molecule is COc1cc(CN2CCC(NC(=O)CCC3CCNC3)C2)cc(OC)c1.Cl.Cl. The Hall–Kier alpha value is -1.21. The lowest BCUT2D eigenvalue weighted by atomic mass is 10.0. The Morgan fingerprint density at radius 1 is 1.18 bits per heavy atom. The van der Waals surface area contributed by atoms with E-state index in [0.717, 1.165) is 57.1 Å². The largest absolute Gasteiger partial charge is 0.497 e. The first kappa shape index (κ1) is 24.8. The van der Waals surface area contributed by atoms with Gasteiger partial charge in [-0.25, -0.2) is 0 Å². The maximum atomic E-state index is 12.2. The predicted octanol–water partition coefficient (Wildman–Crippen LogP) is 2.63. The van der Waals surface area contributed by atoms with Gasteiger partial charge in [-0.05, 0) is 56.0 Å². The maximum absolute atomic E-state index is 12.2. The van der Waals surface area contributed by atoms with Crippen LogP contribution < -0.4 is 20.1 Å². The van der Waals surface area contributed by atoms with Gasteiger partial charge in [0.2, 0.25) is 5.91 Å². The third-order valence-corrected chi connectivity index (χ3v) is 5.40. The van der Waals surface area contributed by atoms with E-state index in [1.54, 1.807) is 14.2 Å². The van der Waals surface area contributed by atoms with Gasteiger partial charge in [0.15, 0.2) is 0 Å². The van der Waals surface area contributed by atoms with Crippen LogP contribution in [0, 0.1) is 5.92 Å². The molecule has 0 radical (unpaired) electrons. The number of nitrogens with one attached hydrogen (secondary N) is 2. The van der Waals surface area contributed by atoms with Gasteiger partial charge in [-0.2, -0.15) is 0 Å². The molecule has 3 rings (SSSR count). The molecule has 2 aliphatic rings. The average molecular weight is 434 g/mol. The molecule has 0 spiro atoms. The predicted molar refractivity (Wildman–Crippen MR) is 116 cm³/mol. The summed E-state index contributed by atoms with van der Waals surface area (Å²) in [6, 6.07) is 6.24. The van der Waals surface area contributed by atoms with Gasteiger partial charge in [-0.15, -0.1) is 24.8 Å². The van der Waals surface area contributed by atoms with E-state index in [9.17, 15) is 4.79 Å². The van der Waals surface area contributed by atoms with Crippen molar-refractivity contribution in [3.05, 3.63) is 23.8 Å². The van der Waals surface area contributed by atoms with Crippen LogP contribution in [-0.2, 0) is 11.3 Å². The van der Waals surface area contributed by atoms with Crippen molar-refractivity contribution in [3.8, 4) is 11.5 Å². The topological polar surface area (TPSA) is 62.8 Å². The molecular formula is C20H33Cl2N3O3. The van der Waals surface area contributed by atoms with E-state index < -0.39 is 0 Å². The molecule has 2 fully saturated rings. The molecule has 2 unspecified atom stereocenters. The average Bonchev–Trinajstić information content (AvgIpc) is 3.31. The zero-order valence-electron chi connectivity index (χ0n) is 16.7. The molecule has 2 atom stereocenters. The first-order valence-electron chi connectivity index (χ1n) is 9.60. The molecule has 2 aliphatic heterocycles. The van der Waals surface area contributed by atoms with Crippen molar-refractivity contribution in [2.24, 2.45) is 5.92 Å². The lowest BCUT2D eigenvalue weighted by Gasteiger charge is -2.18. The highest BCUT2D eigenvalue weighted by Gasteiger charge is 2.24. The van der Waals surface area contributed by atoms with Crippen LogP contribution in [0.1, 0.15) is 31.2 Å². The summed E-state index contributed by atoms with van der Waals surface area (Å²) in [4.78, 5) is 14.6. The first-order chi connectivity index (χ1) is 12.7. The van der Waals surface area contributed by atoms with Gasteiger partial charge in [-0.3, -0.25) is 9.69 Å². The third-order valence-electron chi connectivity index (χ3n) is 5.40. The van der Waals surface area contributed by atoms with E-state index in [0.29, 0.717) is 12.3 Å². The Kier molecular flexibility index (Phi) is 11.0. The number of ether oxygens (including phenoxy) is 2. The van der Waals surface area contributed by atoms with E-state index in [2.05, 4.69) is 15.5 Å². The normalized spacial score (nSPS) is 21.5. The lowest BCUT2D eigenvalue weighted by molar-refractivity contribution is -0.122. The quantitative estimate of drug-likeness (QED) is 0.659. The maximum Gasteiger partial charge on any atom is 0.220 e. The molecule has 1 aromatic rings. The molecule has 2 N–H and O–H groups in total. The molecule has 160 valence electrons. The van der Waals surface area contributed by atoms with Crippen LogP contribution in [-0.4, -0.2) is 57.2 Å². The second-order valence-electron chi connectivity index (χ2n) is 7.41. The smallest absolute Gasteiger partial charge is 0.220 e. The van der Waals surface area contributed by atoms with Crippen molar-refractivity contribution >= 4 is 30.7 Å². The zero-order valence-corrected chi connectivity index (χ0v) is 18.4. The van der Waals surface area contributed by atoms with Crippen molar-refractivity contribution in [2.75, 3.05) is 40.4 Å². The number of nitrogens with zero attached hydrogens (tertiary/aromatic N) is 1. The van der Waals surface area contributed by atoms with Crippen molar-refractivity contribution in [1.82, 2.24) is 15.5 Å². The standard InChI is InChI=1S/C20H31N3O3.2ClH/c1-25-18-9-16(10-19(11-18)26-2)13-23-8-6-17(14-23)22-20(24)4-3-15-5-7-21-12-15;;/h9-11,15,17,21H,3-8,12-14H2,1-2H3,(H,22,24);2*1H. The summed E-state index contributed by atoms with van der Waals surface area (Å²) in [7, 11) is 3.34. The number of rotatable bonds is 8. The van der Waals surface area contributed by atoms with Crippen molar-refractivity contribution in [2.45, 2.75) is 38.3 Å². The fourth-order valence-electron chi connectivity index (χ4n) is 3.91. The number of amides is 1. The summed E-state index contributed by atoms with van der Waals surface area (Å²) in [5.74, 6) is 2.49. The highest BCUT2D eigenvalue weighted by Crippen LogP contribution is 2.24. The van der Waals surface area contributed by atoms with Crippen molar-refractivity contribution in [3.63, 3.8) is 0 Å². The zero-order chi connectivity index (χ0) is 18.4. The van der Waals surface area contributed by atoms with Crippen LogP contribution in [0.15, 0.2) is 18.2 Å². The molecule has 1 amide bonds. The van der Waals surface area contributed by atoms with Crippen LogP contribution >= 0.6 is 24.8 Å².